The van der Waals surface area contributed by atoms with E-state index in [0.29, 0.717) is 17.9 Å². The molecule has 0 spiro atoms. The largest absolute Gasteiger partial charge is 0.365 e. The lowest BCUT2D eigenvalue weighted by Crippen LogP contribution is -2.30. The Hall–Kier alpha value is -1.62. The highest BCUT2D eigenvalue weighted by Gasteiger charge is 2.20. The average Bonchev–Trinajstić information content (AvgIpc) is 2.81. The number of pyridine rings is 1. The minimum absolute atomic E-state index is 0.120. The molecule has 0 fully saturated rings. The summed E-state index contributed by atoms with van der Waals surface area (Å²) in [5.74, 6) is 0.145. The first kappa shape index (κ1) is 12.8. The second kappa shape index (κ2) is 5.35. The van der Waals surface area contributed by atoms with Crippen LogP contribution >= 0.6 is 0 Å². The summed E-state index contributed by atoms with van der Waals surface area (Å²) in [5.41, 5.74) is 13.8. The molecule has 98 valence electrons. The van der Waals surface area contributed by atoms with E-state index in [-0.39, 0.29) is 6.04 Å². The number of aromatic nitrogens is 1. The SMILES string of the molecule is CCC(CN)Nc1nc2c(cc1C(N)=O)CCC2. The number of hydrogen-bond donors (Lipinski definition) is 3. The number of aryl methyl sites for hydroxylation is 2. The van der Waals surface area contributed by atoms with Crippen molar-refractivity contribution in [1.82, 2.24) is 4.98 Å². The molecule has 1 heterocycles. The maximum absolute atomic E-state index is 11.5. The highest BCUT2D eigenvalue weighted by Crippen LogP contribution is 2.25. The van der Waals surface area contributed by atoms with E-state index in [1.165, 1.54) is 0 Å². The second-order valence-electron chi connectivity index (χ2n) is 4.69. The van der Waals surface area contributed by atoms with Gasteiger partial charge in [-0.2, -0.15) is 0 Å². The predicted octanol–water partition coefficient (Wildman–Crippen LogP) is 0.818. The standard InChI is InChI=1S/C13H20N4O/c1-2-9(7-14)16-13-10(12(15)18)6-8-4-3-5-11(8)17-13/h6,9H,2-5,7,14H2,1H3,(H2,15,18)(H,16,17). The number of nitrogens with one attached hydrogen (secondary N) is 1. The third-order valence-corrected chi connectivity index (χ3v) is 3.43. The normalized spacial score (nSPS) is 15.2. The summed E-state index contributed by atoms with van der Waals surface area (Å²) in [5, 5.41) is 3.22. The number of nitrogens with two attached hydrogens (primary N) is 2. The van der Waals surface area contributed by atoms with E-state index in [2.05, 4.69) is 10.3 Å². The molecule has 5 nitrogen and oxygen atoms in total. The first-order valence-electron chi connectivity index (χ1n) is 6.44. The summed E-state index contributed by atoms with van der Waals surface area (Å²) in [7, 11) is 0. The quantitative estimate of drug-likeness (QED) is 0.719. The zero-order chi connectivity index (χ0) is 13.1. The molecule has 2 rings (SSSR count). The molecule has 0 saturated carbocycles. The maximum Gasteiger partial charge on any atom is 0.252 e. The van der Waals surface area contributed by atoms with Crippen molar-refractivity contribution in [1.29, 1.82) is 0 Å². The molecule has 1 aromatic heterocycles. The molecule has 0 aromatic carbocycles. The number of carbonyl (C=O) groups excluding carboxylic acids is 1. The lowest BCUT2D eigenvalue weighted by Gasteiger charge is -2.18. The smallest absolute Gasteiger partial charge is 0.252 e. The van der Waals surface area contributed by atoms with Crippen molar-refractivity contribution in [2.75, 3.05) is 11.9 Å². The van der Waals surface area contributed by atoms with Gasteiger partial charge < -0.3 is 16.8 Å². The summed E-state index contributed by atoms with van der Waals surface area (Å²) < 4.78 is 0. The highest BCUT2D eigenvalue weighted by atomic mass is 16.1. The van der Waals surface area contributed by atoms with E-state index in [0.717, 1.165) is 36.9 Å². The fraction of sp³-hybridized carbons (Fsp3) is 0.538. The van der Waals surface area contributed by atoms with E-state index in [1.54, 1.807) is 0 Å². The first-order chi connectivity index (χ1) is 8.65. The minimum atomic E-state index is -0.438. The monoisotopic (exact) mass is 248 g/mol. The topological polar surface area (TPSA) is 94.0 Å². The van der Waals surface area contributed by atoms with Gasteiger partial charge in [0.15, 0.2) is 0 Å². The lowest BCUT2D eigenvalue weighted by molar-refractivity contribution is 0.100. The molecule has 0 bridgehead atoms. The number of rotatable bonds is 5. The summed E-state index contributed by atoms with van der Waals surface area (Å²) >= 11 is 0. The van der Waals surface area contributed by atoms with Gasteiger partial charge in [-0.05, 0) is 37.3 Å². The van der Waals surface area contributed by atoms with Crippen molar-refractivity contribution >= 4 is 11.7 Å². The Morgan fingerprint density at radius 2 is 2.33 bits per heavy atom. The maximum atomic E-state index is 11.5. The average molecular weight is 248 g/mol. The Kier molecular flexibility index (Phi) is 3.81. The fourth-order valence-corrected chi connectivity index (χ4v) is 2.29. The summed E-state index contributed by atoms with van der Waals surface area (Å²) in [4.78, 5) is 16.0. The van der Waals surface area contributed by atoms with E-state index in [1.807, 2.05) is 13.0 Å². The van der Waals surface area contributed by atoms with Crippen LogP contribution in [0.25, 0.3) is 0 Å². The Morgan fingerprint density at radius 3 is 2.94 bits per heavy atom. The fourth-order valence-electron chi connectivity index (χ4n) is 2.29. The third kappa shape index (κ3) is 2.46. The van der Waals surface area contributed by atoms with Crippen LogP contribution in [-0.2, 0) is 12.8 Å². The van der Waals surface area contributed by atoms with Crippen molar-refractivity contribution in [2.45, 2.75) is 38.6 Å². The number of anilines is 1. The van der Waals surface area contributed by atoms with E-state index in [4.69, 9.17) is 11.5 Å². The molecule has 1 aromatic rings. The van der Waals surface area contributed by atoms with Crippen LogP contribution in [0, 0.1) is 0 Å². The van der Waals surface area contributed by atoms with Crippen LogP contribution in [0.3, 0.4) is 0 Å². The third-order valence-electron chi connectivity index (χ3n) is 3.43. The van der Waals surface area contributed by atoms with E-state index >= 15 is 0 Å². The number of hydrogen-bond acceptors (Lipinski definition) is 4. The van der Waals surface area contributed by atoms with Crippen LogP contribution in [0.15, 0.2) is 6.07 Å². The number of carbonyl (C=O) groups is 1. The Labute approximate surface area is 107 Å². The van der Waals surface area contributed by atoms with Gasteiger partial charge in [0.05, 0.1) is 5.56 Å². The van der Waals surface area contributed by atoms with Crippen molar-refractivity contribution in [2.24, 2.45) is 11.5 Å². The number of amides is 1. The molecular weight excluding hydrogens is 228 g/mol. The first-order valence-corrected chi connectivity index (χ1v) is 6.44. The van der Waals surface area contributed by atoms with Crippen molar-refractivity contribution in [3.63, 3.8) is 0 Å². The number of fused-ring (bicyclic) bond motifs is 1. The Balaban J connectivity index is 2.35. The molecule has 1 aliphatic carbocycles. The Morgan fingerprint density at radius 1 is 1.56 bits per heavy atom. The zero-order valence-electron chi connectivity index (χ0n) is 10.7. The van der Waals surface area contributed by atoms with Crippen LogP contribution in [0.4, 0.5) is 5.82 Å². The van der Waals surface area contributed by atoms with Crippen LogP contribution in [-0.4, -0.2) is 23.5 Å². The van der Waals surface area contributed by atoms with Gasteiger partial charge in [-0.3, -0.25) is 4.79 Å². The van der Waals surface area contributed by atoms with Gasteiger partial charge >= 0.3 is 0 Å². The second-order valence-corrected chi connectivity index (χ2v) is 4.69. The van der Waals surface area contributed by atoms with Crippen molar-refractivity contribution in [3.8, 4) is 0 Å². The molecular formula is C13H20N4O. The molecule has 0 saturated heterocycles. The number of primary amides is 1. The van der Waals surface area contributed by atoms with Gasteiger partial charge in [0.25, 0.3) is 5.91 Å². The summed E-state index contributed by atoms with van der Waals surface area (Å²) in [6.45, 7) is 2.55. The molecule has 1 aliphatic rings. The predicted molar refractivity (Wildman–Crippen MR) is 71.5 cm³/mol. The minimum Gasteiger partial charge on any atom is -0.365 e. The Bertz CT molecular complexity index is 455. The van der Waals surface area contributed by atoms with Crippen molar-refractivity contribution < 1.29 is 4.79 Å². The van der Waals surface area contributed by atoms with Crippen LogP contribution in [0.5, 0.6) is 0 Å². The molecule has 5 heteroatoms. The van der Waals surface area contributed by atoms with E-state index in [9.17, 15) is 4.79 Å². The molecule has 1 amide bonds. The molecule has 1 atom stereocenters. The summed E-state index contributed by atoms with van der Waals surface area (Å²) in [6, 6.07) is 2.00. The van der Waals surface area contributed by atoms with E-state index < -0.39 is 5.91 Å². The van der Waals surface area contributed by atoms with Crippen LogP contribution < -0.4 is 16.8 Å². The van der Waals surface area contributed by atoms with Crippen molar-refractivity contribution in [3.05, 3.63) is 22.9 Å². The van der Waals surface area contributed by atoms with Crippen LogP contribution in [0.1, 0.15) is 41.4 Å². The van der Waals surface area contributed by atoms with Gasteiger partial charge in [0, 0.05) is 18.3 Å². The zero-order valence-corrected chi connectivity index (χ0v) is 10.7. The van der Waals surface area contributed by atoms with Gasteiger partial charge in [0.2, 0.25) is 0 Å². The van der Waals surface area contributed by atoms with Gasteiger partial charge in [-0.1, -0.05) is 6.92 Å². The highest BCUT2D eigenvalue weighted by molar-refractivity contribution is 5.97. The molecule has 0 radical (unpaired) electrons. The van der Waals surface area contributed by atoms with Gasteiger partial charge in [-0.25, -0.2) is 4.98 Å². The molecule has 0 aliphatic heterocycles. The number of nitrogens with zero attached hydrogens (tertiary/aromatic N) is 1. The van der Waals surface area contributed by atoms with Gasteiger partial charge in [-0.15, -0.1) is 0 Å². The molecule has 1 unspecified atom stereocenters. The van der Waals surface area contributed by atoms with Gasteiger partial charge in [0.1, 0.15) is 5.82 Å². The summed E-state index contributed by atoms with van der Waals surface area (Å²) in [6.07, 6.45) is 3.94. The molecule has 5 N–H and O–H groups in total. The molecule has 18 heavy (non-hydrogen) atoms. The van der Waals surface area contributed by atoms with Crippen LogP contribution in [0.2, 0.25) is 0 Å². The lowest BCUT2D eigenvalue weighted by atomic mass is 10.1.